The molecule has 0 aromatic heterocycles. The maximum absolute atomic E-state index is 13.2. The van der Waals surface area contributed by atoms with Crippen LogP contribution in [0.4, 0.5) is 0 Å². The summed E-state index contributed by atoms with van der Waals surface area (Å²) >= 11 is 0. The topological polar surface area (TPSA) is 133 Å². The van der Waals surface area contributed by atoms with Gasteiger partial charge >= 0.3 is 0 Å². The number of nitrogens with one attached hydrogen (secondary N) is 2. The highest BCUT2D eigenvalue weighted by Crippen LogP contribution is 2.29. The third-order valence-electron chi connectivity index (χ3n) is 6.73. The van der Waals surface area contributed by atoms with Crippen LogP contribution in [0.5, 0.6) is 5.75 Å². The lowest BCUT2D eigenvalue weighted by molar-refractivity contribution is -0.122. The quantitative estimate of drug-likeness (QED) is 0.423. The van der Waals surface area contributed by atoms with Gasteiger partial charge in [-0.05, 0) is 75.1 Å². The van der Waals surface area contributed by atoms with Crippen molar-refractivity contribution in [2.45, 2.75) is 58.3 Å². The molecule has 4 rings (SSSR count). The minimum atomic E-state index is -0.664. The molecule has 0 spiro atoms. The number of carbonyl (C=O) groups excluding carboxylic acids is 2. The number of aliphatic imine (C=N–C) groups is 1. The van der Waals surface area contributed by atoms with Gasteiger partial charge in [-0.15, -0.1) is 0 Å². The van der Waals surface area contributed by atoms with Crippen LogP contribution in [0.15, 0.2) is 71.4 Å². The standard InChI is InChI=1S/C31H36N6O3/c1-19(2)40-28-12-11-24(15-25(28)16-32)31(39)35-26(17-34-30(38)21(4)33)14-22-7-9-23(10-8-22)27-18-37-13-5-6-20(3)29(37)36-27/h5-13,15,19,21,26-27H,14,17-18,33H2,1-4H3,(H,34,38)(H,35,39)/t21-,26+,27?/m1/s1. The summed E-state index contributed by atoms with van der Waals surface area (Å²) in [4.78, 5) is 32.4. The number of benzene rings is 2. The fraction of sp³-hybridized carbons (Fsp3) is 0.355. The second-order valence-corrected chi connectivity index (χ2v) is 10.5. The predicted octanol–water partition coefficient (Wildman–Crippen LogP) is 3.38. The average Bonchev–Trinajstić information content (AvgIpc) is 3.37. The van der Waals surface area contributed by atoms with Crippen LogP contribution in [0.2, 0.25) is 0 Å². The van der Waals surface area contributed by atoms with Gasteiger partial charge in [0.15, 0.2) is 0 Å². The zero-order valence-electron chi connectivity index (χ0n) is 23.3. The number of nitrogens with two attached hydrogens (primary N) is 1. The van der Waals surface area contributed by atoms with Crippen molar-refractivity contribution in [2.75, 3.05) is 13.1 Å². The van der Waals surface area contributed by atoms with Gasteiger partial charge in [0.1, 0.15) is 17.7 Å². The molecular weight excluding hydrogens is 504 g/mol. The number of allylic oxidation sites excluding steroid dienone is 2. The summed E-state index contributed by atoms with van der Waals surface area (Å²) in [7, 11) is 0. The van der Waals surface area contributed by atoms with Crippen LogP contribution in [-0.4, -0.2) is 53.8 Å². The Labute approximate surface area is 235 Å². The molecule has 208 valence electrons. The molecule has 0 saturated carbocycles. The zero-order chi connectivity index (χ0) is 28.8. The van der Waals surface area contributed by atoms with Gasteiger partial charge < -0.3 is 26.0 Å². The lowest BCUT2D eigenvalue weighted by Crippen LogP contribution is -2.48. The van der Waals surface area contributed by atoms with Gasteiger partial charge in [0, 0.05) is 18.3 Å². The molecule has 2 amide bonds. The second kappa shape index (κ2) is 12.6. The van der Waals surface area contributed by atoms with E-state index in [0.717, 1.165) is 29.1 Å². The maximum atomic E-state index is 13.2. The van der Waals surface area contributed by atoms with E-state index in [4.69, 9.17) is 15.5 Å². The second-order valence-electron chi connectivity index (χ2n) is 10.5. The first-order valence-corrected chi connectivity index (χ1v) is 13.5. The molecule has 0 aliphatic carbocycles. The van der Waals surface area contributed by atoms with Crippen molar-refractivity contribution in [3.05, 3.63) is 88.6 Å². The third-order valence-corrected chi connectivity index (χ3v) is 6.73. The number of hydrogen-bond acceptors (Lipinski definition) is 7. The third kappa shape index (κ3) is 6.96. The van der Waals surface area contributed by atoms with Gasteiger partial charge in [-0.1, -0.05) is 30.3 Å². The van der Waals surface area contributed by atoms with E-state index in [1.165, 1.54) is 6.07 Å². The van der Waals surface area contributed by atoms with Crippen molar-refractivity contribution >= 4 is 17.6 Å². The van der Waals surface area contributed by atoms with E-state index in [1.54, 1.807) is 19.1 Å². The zero-order valence-corrected chi connectivity index (χ0v) is 23.3. The molecule has 0 radical (unpaired) electrons. The van der Waals surface area contributed by atoms with Crippen molar-refractivity contribution in [3.63, 3.8) is 0 Å². The minimum Gasteiger partial charge on any atom is -0.490 e. The average molecular weight is 541 g/mol. The van der Waals surface area contributed by atoms with Crippen molar-refractivity contribution in [2.24, 2.45) is 10.7 Å². The summed E-state index contributed by atoms with van der Waals surface area (Å²) in [6.07, 6.45) is 6.54. The summed E-state index contributed by atoms with van der Waals surface area (Å²) in [6, 6.07) is 14.0. The van der Waals surface area contributed by atoms with Crippen LogP contribution in [-0.2, 0) is 11.2 Å². The number of hydrogen-bond donors (Lipinski definition) is 3. The lowest BCUT2D eigenvalue weighted by atomic mass is 10.0. The van der Waals surface area contributed by atoms with E-state index in [2.05, 4.69) is 52.9 Å². The summed E-state index contributed by atoms with van der Waals surface area (Å²) in [5.74, 6) is 0.791. The van der Waals surface area contributed by atoms with E-state index in [9.17, 15) is 14.9 Å². The van der Waals surface area contributed by atoms with E-state index < -0.39 is 12.1 Å². The molecule has 40 heavy (non-hydrogen) atoms. The van der Waals surface area contributed by atoms with Crippen LogP contribution in [0.3, 0.4) is 0 Å². The van der Waals surface area contributed by atoms with Gasteiger partial charge in [-0.25, -0.2) is 0 Å². The van der Waals surface area contributed by atoms with E-state index in [1.807, 2.05) is 32.1 Å². The lowest BCUT2D eigenvalue weighted by Gasteiger charge is -2.21. The first-order valence-electron chi connectivity index (χ1n) is 13.5. The monoisotopic (exact) mass is 540 g/mol. The Kier molecular flexibility index (Phi) is 9.02. The van der Waals surface area contributed by atoms with Crippen LogP contribution in [0.1, 0.15) is 60.8 Å². The number of amidine groups is 1. The van der Waals surface area contributed by atoms with Crippen LogP contribution >= 0.6 is 0 Å². The number of carbonyl (C=O) groups is 2. The summed E-state index contributed by atoms with van der Waals surface area (Å²) in [5, 5.41) is 15.4. The Morgan fingerprint density at radius 1 is 1.20 bits per heavy atom. The molecule has 3 atom stereocenters. The Morgan fingerprint density at radius 3 is 2.60 bits per heavy atom. The minimum absolute atomic E-state index is 0.0490. The van der Waals surface area contributed by atoms with E-state index >= 15 is 0 Å². The van der Waals surface area contributed by atoms with Crippen molar-refractivity contribution in [1.29, 1.82) is 5.26 Å². The molecule has 2 aliphatic rings. The Hall–Kier alpha value is -4.42. The molecule has 1 unspecified atom stereocenters. The van der Waals surface area contributed by atoms with E-state index in [0.29, 0.717) is 17.7 Å². The normalized spacial score (nSPS) is 17.3. The molecule has 9 heteroatoms. The summed E-state index contributed by atoms with van der Waals surface area (Å²) < 4.78 is 5.67. The SMILES string of the molecule is CC1=CC=CN2CC(c3ccc(C[C@@H](CNC(=O)[C@@H](C)N)NC(=O)c4ccc(OC(C)C)c(C#N)c4)cc3)N=C12. The van der Waals surface area contributed by atoms with Gasteiger partial charge in [0.05, 0.1) is 36.3 Å². The first-order chi connectivity index (χ1) is 19.1. The Bertz CT molecular complexity index is 1380. The Morgan fingerprint density at radius 2 is 1.95 bits per heavy atom. The fourth-order valence-corrected chi connectivity index (χ4v) is 4.64. The molecule has 4 N–H and O–H groups in total. The maximum Gasteiger partial charge on any atom is 0.251 e. The van der Waals surface area contributed by atoms with Gasteiger partial charge in [-0.2, -0.15) is 5.26 Å². The molecule has 2 heterocycles. The highest BCUT2D eigenvalue weighted by Gasteiger charge is 2.27. The van der Waals surface area contributed by atoms with Crippen molar-refractivity contribution in [1.82, 2.24) is 15.5 Å². The number of nitrogens with zero attached hydrogens (tertiary/aromatic N) is 3. The molecular formula is C31H36N6O3. The number of nitriles is 1. The highest BCUT2D eigenvalue weighted by molar-refractivity contribution is 6.01. The summed E-state index contributed by atoms with van der Waals surface area (Å²) in [6.45, 7) is 8.42. The molecule has 0 bridgehead atoms. The molecule has 0 saturated heterocycles. The molecule has 0 fully saturated rings. The van der Waals surface area contributed by atoms with Gasteiger partial charge in [0.25, 0.3) is 5.91 Å². The van der Waals surface area contributed by atoms with Crippen LogP contribution < -0.4 is 21.1 Å². The molecule has 2 aromatic rings. The predicted molar refractivity (Wildman–Crippen MR) is 155 cm³/mol. The van der Waals surface area contributed by atoms with Gasteiger partial charge in [-0.3, -0.25) is 14.6 Å². The van der Waals surface area contributed by atoms with Crippen LogP contribution in [0, 0.1) is 11.3 Å². The number of fused-ring (bicyclic) bond motifs is 1. The molecule has 2 aromatic carbocycles. The highest BCUT2D eigenvalue weighted by atomic mass is 16.5. The summed E-state index contributed by atoms with van der Waals surface area (Å²) in [5.41, 5.74) is 9.60. The fourth-order valence-electron chi connectivity index (χ4n) is 4.64. The van der Waals surface area contributed by atoms with Crippen LogP contribution in [0.25, 0.3) is 0 Å². The molecule has 9 nitrogen and oxygen atoms in total. The smallest absolute Gasteiger partial charge is 0.251 e. The largest absolute Gasteiger partial charge is 0.490 e. The number of amides is 2. The number of ether oxygens (including phenoxy) is 1. The number of rotatable bonds is 10. The molecule has 2 aliphatic heterocycles. The van der Waals surface area contributed by atoms with Crippen molar-refractivity contribution < 1.29 is 14.3 Å². The Balaban J connectivity index is 1.47. The van der Waals surface area contributed by atoms with Gasteiger partial charge in [0.2, 0.25) is 5.91 Å². The first kappa shape index (κ1) is 28.6. The van der Waals surface area contributed by atoms with Crippen molar-refractivity contribution in [3.8, 4) is 11.8 Å². The van der Waals surface area contributed by atoms with E-state index in [-0.39, 0.29) is 36.1 Å².